The molecule has 1 fully saturated rings. The van der Waals surface area contributed by atoms with E-state index in [4.69, 9.17) is 5.73 Å². The number of benzene rings is 2. The van der Waals surface area contributed by atoms with Gasteiger partial charge in [-0.3, -0.25) is 6.08 Å². The molecule has 0 aromatic heterocycles. The SMILES string of the molecule is [C-]1=CC=CC1.[Cl-].[Cl-].[NH-]C(=O)C1CCCCC1.[Ti+2]=[C](c1ccccc1)c1ccccc1. The Labute approximate surface area is 204 Å². The molecule has 5 heteroatoms. The minimum atomic E-state index is -0.352. The van der Waals surface area contributed by atoms with Crippen molar-refractivity contribution in [2.24, 2.45) is 5.92 Å². The van der Waals surface area contributed by atoms with Gasteiger partial charge >= 0.3 is 95.6 Å². The normalized spacial score (nSPS) is 14.1. The van der Waals surface area contributed by atoms with Crippen LogP contribution in [0, 0.1) is 12.0 Å². The molecule has 1 saturated carbocycles. The number of allylic oxidation sites excluding steroid dienone is 4. The zero-order valence-electron chi connectivity index (χ0n) is 17.0. The van der Waals surface area contributed by atoms with Gasteiger partial charge in [-0.15, -0.1) is 6.42 Å². The van der Waals surface area contributed by atoms with Gasteiger partial charge in [0, 0.05) is 5.92 Å². The third kappa shape index (κ3) is 11.1. The predicted molar refractivity (Wildman–Crippen MR) is 114 cm³/mol. The maximum atomic E-state index is 10.5. The molecule has 0 radical (unpaired) electrons. The number of hydrogen-bond donors (Lipinski definition) is 0. The van der Waals surface area contributed by atoms with Crippen LogP contribution in [-0.2, 0) is 24.8 Å². The van der Waals surface area contributed by atoms with E-state index < -0.39 is 0 Å². The first-order chi connectivity index (χ1) is 13.7. The van der Waals surface area contributed by atoms with E-state index in [0.717, 1.165) is 32.1 Å². The van der Waals surface area contributed by atoms with E-state index in [1.54, 1.807) is 0 Å². The Morgan fingerprint density at radius 3 is 1.67 bits per heavy atom. The van der Waals surface area contributed by atoms with Crippen molar-refractivity contribution in [2.45, 2.75) is 38.5 Å². The Balaban J connectivity index is 0.000000454. The molecule has 0 saturated heterocycles. The van der Waals surface area contributed by atoms with Crippen LogP contribution in [0.5, 0.6) is 0 Å². The van der Waals surface area contributed by atoms with E-state index in [1.165, 1.54) is 21.4 Å². The van der Waals surface area contributed by atoms with Crippen molar-refractivity contribution in [1.29, 1.82) is 0 Å². The molecule has 0 spiro atoms. The second-order valence-electron chi connectivity index (χ2n) is 6.81. The summed E-state index contributed by atoms with van der Waals surface area (Å²) >= 11 is 2.16. The van der Waals surface area contributed by atoms with E-state index in [9.17, 15) is 4.79 Å². The van der Waals surface area contributed by atoms with Crippen LogP contribution in [0.2, 0.25) is 0 Å². The molecular weight excluding hydrogens is 449 g/mol. The van der Waals surface area contributed by atoms with Gasteiger partial charge in [-0.1, -0.05) is 19.3 Å². The van der Waals surface area contributed by atoms with Gasteiger partial charge < -0.3 is 35.3 Å². The summed E-state index contributed by atoms with van der Waals surface area (Å²) in [6, 6.07) is 20.9. The molecule has 0 aliphatic heterocycles. The summed E-state index contributed by atoms with van der Waals surface area (Å²) in [5, 5.41) is 0. The molecule has 0 unspecified atom stereocenters. The zero-order valence-corrected chi connectivity index (χ0v) is 20.1. The van der Waals surface area contributed by atoms with Gasteiger partial charge in [-0.2, -0.15) is 6.08 Å². The van der Waals surface area contributed by atoms with Crippen molar-refractivity contribution in [1.82, 2.24) is 0 Å². The topological polar surface area (TPSA) is 40.9 Å². The average molecular weight is 476 g/mol. The van der Waals surface area contributed by atoms with Crippen molar-refractivity contribution in [3.05, 3.63) is 102 Å². The maximum absolute atomic E-state index is 10.5. The van der Waals surface area contributed by atoms with Gasteiger partial charge in [0.1, 0.15) is 0 Å². The first-order valence-electron chi connectivity index (χ1n) is 9.85. The fraction of sp³-hybridized carbons (Fsp3) is 0.280. The Hall–Kier alpha value is -1.45. The summed E-state index contributed by atoms with van der Waals surface area (Å²) in [5.41, 5.74) is 9.41. The standard InChI is InChI=1S/C13H10.C7H13NO.C5H5.2ClH.Ti/c1-3-7-12(8-4-1)11-13-9-5-2-6-10-13;8-7(9)6-4-2-1-3-5-6;1-2-4-5-3-1;;;/h1-10H;6H,1-5H2,(H2,8,9);1-3H,4H2;2*1H;/q;;-1;;;+2/p-3. The second kappa shape index (κ2) is 17.3. The van der Waals surface area contributed by atoms with Crippen LogP contribution in [0.1, 0.15) is 49.7 Å². The fourth-order valence-corrected chi connectivity index (χ4v) is 3.60. The molecule has 2 aromatic rings. The van der Waals surface area contributed by atoms with Crippen LogP contribution in [0.15, 0.2) is 78.9 Å². The van der Waals surface area contributed by atoms with Crippen molar-refractivity contribution in [2.75, 3.05) is 0 Å². The predicted octanol–water partition coefficient (Wildman–Crippen LogP) is 0.261. The van der Waals surface area contributed by atoms with Crippen molar-refractivity contribution >= 4 is 9.72 Å². The summed E-state index contributed by atoms with van der Waals surface area (Å²) in [6.45, 7) is 0. The van der Waals surface area contributed by atoms with Crippen LogP contribution in [-0.4, -0.2) is 9.72 Å². The first-order valence-corrected chi connectivity index (χ1v) is 10.6. The number of rotatable bonds is 3. The Morgan fingerprint density at radius 1 is 0.867 bits per heavy atom. The second-order valence-corrected chi connectivity index (χ2v) is 7.59. The third-order valence-corrected chi connectivity index (χ3v) is 5.59. The molecule has 2 aromatic carbocycles. The number of carbonyl (C=O) groups excluding carboxylic acids is 1. The summed E-state index contributed by atoms with van der Waals surface area (Å²) in [6.07, 6.45) is 15.5. The summed E-state index contributed by atoms with van der Waals surface area (Å²) < 4.78 is 1.33. The third-order valence-electron chi connectivity index (χ3n) is 4.69. The Morgan fingerprint density at radius 2 is 1.37 bits per heavy atom. The molecule has 0 bridgehead atoms. The first kappa shape index (κ1) is 28.6. The summed E-state index contributed by atoms with van der Waals surface area (Å²) in [5.74, 6) is -0.270. The van der Waals surface area contributed by atoms with E-state index in [1.807, 2.05) is 24.3 Å². The van der Waals surface area contributed by atoms with E-state index in [0.29, 0.717) is 0 Å². The molecule has 1 amide bonds. The van der Waals surface area contributed by atoms with Gasteiger partial charge in [0.05, 0.1) is 5.91 Å². The number of amides is 1. The van der Waals surface area contributed by atoms with Crippen molar-refractivity contribution < 1.29 is 49.6 Å². The minimum absolute atomic E-state index is 0. The molecule has 2 aliphatic rings. The van der Waals surface area contributed by atoms with Crippen LogP contribution < -0.4 is 24.8 Å². The summed E-state index contributed by atoms with van der Waals surface area (Å²) in [7, 11) is 0. The monoisotopic (exact) mass is 475 g/mol. The molecule has 4 rings (SSSR count). The molecule has 158 valence electrons. The van der Waals surface area contributed by atoms with E-state index in [-0.39, 0.29) is 36.6 Å². The van der Waals surface area contributed by atoms with Gasteiger partial charge in [0.15, 0.2) is 0 Å². The van der Waals surface area contributed by atoms with Crippen LogP contribution >= 0.6 is 0 Å². The van der Waals surface area contributed by atoms with Gasteiger partial charge in [-0.05, 0) is 12.8 Å². The molecule has 30 heavy (non-hydrogen) atoms. The zero-order chi connectivity index (χ0) is 20.0. The molecule has 0 heterocycles. The number of carbonyl (C=O) groups is 1. The molecule has 1 N–H and O–H groups in total. The number of hydrogen-bond acceptors (Lipinski definition) is 1. The van der Waals surface area contributed by atoms with Crippen molar-refractivity contribution in [3.8, 4) is 0 Å². The number of nitrogens with one attached hydrogen (secondary N) is 1. The van der Waals surface area contributed by atoms with Crippen LogP contribution in [0.4, 0.5) is 0 Å². The molecule has 2 nitrogen and oxygen atoms in total. The Kier molecular flexibility index (Phi) is 16.4. The van der Waals surface area contributed by atoms with Gasteiger partial charge in [-0.25, -0.2) is 12.2 Å². The van der Waals surface area contributed by atoms with Crippen LogP contribution in [0.25, 0.3) is 5.73 Å². The van der Waals surface area contributed by atoms with Gasteiger partial charge in [0.2, 0.25) is 0 Å². The van der Waals surface area contributed by atoms with Crippen LogP contribution in [0.3, 0.4) is 0 Å². The fourth-order valence-electron chi connectivity index (χ4n) is 3.08. The Bertz CT molecular complexity index is 734. The van der Waals surface area contributed by atoms with E-state index >= 15 is 0 Å². The number of halogens is 2. The molecule has 2 aliphatic carbocycles. The van der Waals surface area contributed by atoms with E-state index in [2.05, 4.69) is 80.7 Å². The quantitative estimate of drug-likeness (QED) is 0.463. The van der Waals surface area contributed by atoms with Crippen molar-refractivity contribution in [3.63, 3.8) is 0 Å². The summed E-state index contributed by atoms with van der Waals surface area (Å²) in [4.78, 5) is 10.5. The molecule has 0 atom stereocenters. The van der Waals surface area contributed by atoms with Gasteiger partial charge in [0.25, 0.3) is 0 Å². The molecular formula is C25H27Cl2NOTi-2. The average Bonchev–Trinajstić information content (AvgIpc) is 3.36.